The molecule has 0 spiro atoms. The first-order chi connectivity index (χ1) is 10.2. The number of carbonyl (C=O) groups excluding carboxylic acids is 1. The Morgan fingerprint density at radius 3 is 2.43 bits per heavy atom. The van der Waals surface area contributed by atoms with Crippen LogP contribution in [0, 0.1) is 0 Å². The molecule has 102 valence electrons. The topological polar surface area (TPSA) is 42.9 Å². The van der Waals surface area contributed by atoms with E-state index in [1.807, 2.05) is 30.3 Å². The second kappa shape index (κ2) is 5.97. The maximum atomic E-state index is 12.1. The van der Waals surface area contributed by atoms with E-state index in [0.717, 1.165) is 21.1 Å². The standard InChI is InChI=1S/C17H11BrN2O/c18-14-5-3-13(4-6-14)17(21)8-2-12-1-7-15-16(11-12)20-10-9-19-15/h1-11H/b8-2+. The molecule has 0 fully saturated rings. The molecule has 4 heteroatoms. The lowest BCUT2D eigenvalue weighted by Crippen LogP contribution is -1.93. The summed E-state index contributed by atoms with van der Waals surface area (Å²) in [6.45, 7) is 0. The number of rotatable bonds is 3. The third-order valence-corrected chi connectivity index (χ3v) is 3.58. The van der Waals surface area contributed by atoms with Gasteiger partial charge in [0.05, 0.1) is 11.0 Å². The summed E-state index contributed by atoms with van der Waals surface area (Å²) >= 11 is 3.35. The van der Waals surface area contributed by atoms with Crippen molar-refractivity contribution in [1.82, 2.24) is 9.97 Å². The van der Waals surface area contributed by atoms with Gasteiger partial charge in [0.1, 0.15) is 0 Å². The van der Waals surface area contributed by atoms with Crippen LogP contribution in [0.5, 0.6) is 0 Å². The highest BCUT2D eigenvalue weighted by atomic mass is 79.9. The van der Waals surface area contributed by atoms with Crippen molar-refractivity contribution in [3.05, 3.63) is 76.5 Å². The molecule has 0 aliphatic rings. The molecule has 1 aromatic heterocycles. The van der Waals surface area contributed by atoms with Gasteiger partial charge in [-0.1, -0.05) is 28.1 Å². The highest BCUT2D eigenvalue weighted by Gasteiger charge is 2.01. The van der Waals surface area contributed by atoms with Crippen molar-refractivity contribution in [2.24, 2.45) is 0 Å². The molecule has 3 aromatic rings. The molecule has 0 N–H and O–H groups in total. The summed E-state index contributed by atoms with van der Waals surface area (Å²) in [6.07, 6.45) is 6.68. The van der Waals surface area contributed by atoms with Gasteiger partial charge in [0.2, 0.25) is 0 Å². The van der Waals surface area contributed by atoms with E-state index in [2.05, 4.69) is 25.9 Å². The summed E-state index contributed by atoms with van der Waals surface area (Å²) in [5.41, 5.74) is 3.24. The van der Waals surface area contributed by atoms with Crippen molar-refractivity contribution in [1.29, 1.82) is 0 Å². The fourth-order valence-electron chi connectivity index (χ4n) is 1.97. The monoisotopic (exact) mass is 338 g/mol. The van der Waals surface area contributed by atoms with Crippen molar-refractivity contribution in [3.63, 3.8) is 0 Å². The highest BCUT2D eigenvalue weighted by Crippen LogP contribution is 2.14. The van der Waals surface area contributed by atoms with Crippen LogP contribution in [0.4, 0.5) is 0 Å². The summed E-state index contributed by atoms with van der Waals surface area (Å²) in [4.78, 5) is 20.5. The Morgan fingerprint density at radius 2 is 1.67 bits per heavy atom. The molecular formula is C17H11BrN2O. The zero-order valence-corrected chi connectivity index (χ0v) is 12.6. The molecule has 2 aromatic carbocycles. The zero-order chi connectivity index (χ0) is 14.7. The minimum atomic E-state index is -0.0262. The minimum absolute atomic E-state index is 0.0262. The van der Waals surface area contributed by atoms with Crippen molar-refractivity contribution < 1.29 is 4.79 Å². The quantitative estimate of drug-likeness (QED) is 0.528. The number of carbonyl (C=O) groups is 1. The van der Waals surface area contributed by atoms with E-state index in [0.29, 0.717) is 5.56 Å². The SMILES string of the molecule is O=C(/C=C/c1ccc2nccnc2c1)c1ccc(Br)cc1. The third-order valence-electron chi connectivity index (χ3n) is 3.05. The summed E-state index contributed by atoms with van der Waals surface area (Å²) in [7, 11) is 0. The van der Waals surface area contributed by atoms with Gasteiger partial charge in [0, 0.05) is 22.4 Å². The number of ketones is 1. The molecule has 0 radical (unpaired) electrons. The van der Waals surface area contributed by atoms with Crippen LogP contribution in [0.3, 0.4) is 0 Å². The predicted octanol–water partition coefficient (Wildman–Crippen LogP) is 4.29. The van der Waals surface area contributed by atoms with E-state index in [1.165, 1.54) is 0 Å². The van der Waals surface area contributed by atoms with E-state index >= 15 is 0 Å². The van der Waals surface area contributed by atoms with E-state index < -0.39 is 0 Å². The maximum absolute atomic E-state index is 12.1. The molecule has 1 heterocycles. The van der Waals surface area contributed by atoms with Gasteiger partial charge in [-0.25, -0.2) is 0 Å². The van der Waals surface area contributed by atoms with E-state index in [-0.39, 0.29) is 5.78 Å². The van der Waals surface area contributed by atoms with Crippen molar-refractivity contribution >= 4 is 38.8 Å². The predicted molar refractivity (Wildman–Crippen MR) is 87.0 cm³/mol. The number of hydrogen-bond acceptors (Lipinski definition) is 3. The first kappa shape index (κ1) is 13.6. The minimum Gasteiger partial charge on any atom is -0.289 e. The smallest absolute Gasteiger partial charge is 0.185 e. The summed E-state index contributed by atoms with van der Waals surface area (Å²) in [5.74, 6) is -0.0262. The van der Waals surface area contributed by atoms with Gasteiger partial charge in [0.25, 0.3) is 0 Å². The van der Waals surface area contributed by atoms with Crippen molar-refractivity contribution in [3.8, 4) is 0 Å². The Balaban J connectivity index is 1.83. The Morgan fingerprint density at radius 1 is 0.952 bits per heavy atom. The number of nitrogens with zero attached hydrogens (tertiary/aromatic N) is 2. The first-order valence-corrected chi connectivity index (χ1v) is 7.20. The lowest BCUT2D eigenvalue weighted by molar-refractivity contribution is 0.104. The van der Waals surface area contributed by atoms with Crippen LogP contribution in [0.2, 0.25) is 0 Å². The molecule has 3 rings (SSSR count). The van der Waals surface area contributed by atoms with Crippen LogP contribution in [-0.4, -0.2) is 15.8 Å². The first-order valence-electron chi connectivity index (χ1n) is 6.41. The Hall–Kier alpha value is -2.33. The van der Waals surface area contributed by atoms with Gasteiger partial charge < -0.3 is 0 Å². The van der Waals surface area contributed by atoms with Gasteiger partial charge >= 0.3 is 0 Å². The van der Waals surface area contributed by atoms with Crippen LogP contribution in [0.25, 0.3) is 17.1 Å². The van der Waals surface area contributed by atoms with E-state index in [4.69, 9.17) is 0 Å². The average Bonchev–Trinajstić information content (AvgIpc) is 2.53. The van der Waals surface area contributed by atoms with Crippen LogP contribution in [-0.2, 0) is 0 Å². The second-order valence-electron chi connectivity index (χ2n) is 4.51. The molecular weight excluding hydrogens is 328 g/mol. The number of benzene rings is 2. The lowest BCUT2D eigenvalue weighted by Gasteiger charge is -1.98. The van der Waals surface area contributed by atoms with Gasteiger partial charge in [-0.3, -0.25) is 14.8 Å². The largest absolute Gasteiger partial charge is 0.289 e. The van der Waals surface area contributed by atoms with Crippen LogP contribution < -0.4 is 0 Å². The number of allylic oxidation sites excluding steroid dienone is 1. The molecule has 0 amide bonds. The molecule has 3 nitrogen and oxygen atoms in total. The van der Waals surface area contributed by atoms with Gasteiger partial charge in [-0.05, 0) is 48.0 Å². The Labute approximate surface area is 130 Å². The van der Waals surface area contributed by atoms with E-state index in [1.54, 1.807) is 36.7 Å². The van der Waals surface area contributed by atoms with Gasteiger partial charge in [-0.15, -0.1) is 0 Å². The normalized spacial score (nSPS) is 11.1. The van der Waals surface area contributed by atoms with Crippen molar-refractivity contribution in [2.45, 2.75) is 0 Å². The summed E-state index contributed by atoms with van der Waals surface area (Å²) < 4.78 is 0.955. The van der Waals surface area contributed by atoms with Crippen LogP contribution >= 0.6 is 15.9 Å². The highest BCUT2D eigenvalue weighted by molar-refractivity contribution is 9.10. The molecule has 0 aliphatic carbocycles. The lowest BCUT2D eigenvalue weighted by atomic mass is 10.1. The molecule has 0 aliphatic heterocycles. The fraction of sp³-hybridized carbons (Fsp3) is 0. The molecule has 0 saturated heterocycles. The molecule has 0 saturated carbocycles. The Kier molecular flexibility index (Phi) is 3.88. The fourth-order valence-corrected chi connectivity index (χ4v) is 2.23. The number of aromatic nitrogens is 2. The Bertz CT molecular complexity index is 826. The van der Waals surface area contributed by atoms with Crippen molar-refractivity contribution in [2.75, 3.05) is 0 Å². The average molecular weight is 339 g/mol. The maximum Gasteiger partial charge on any atom is 0.185 e. The number of hydrogen-bond donors (Lipinski definition) is 0. The van der Waals surface area contributed by atoms with E-state index in [9.17, 15) is 4.79 Å². The molecule has 0 bridgehead atoms. The second-order valence-corrected chi connectivity index (χ2v) is 5.42. The zero-order valence-electron chi connectivity index (χ0n) is 11.0. The van der Waals surface area contributed by atoms with Crippen LogP contribution in [0.15, 0.2) is 65.4 Å². The van der Waals surface area contributed by atoms with Crippen LogP contribution in [0.1, 0.15) is 15.9 Å². The molecule has 0 atom stereocenters. The van der Waals surface area contributed by atoms with Gasteiger partial charge in [0.15, 0.2) is 5.78 Å². The summed E-state index contributed by atoms with van der Waals surface area (Å²) in [6, 6.07) is 13.0. The van der Waals surface area contributed by atoms with Gasteiger partial charge in [-0.2, -0.15) is 0 Å². The molecule has 0 unspecified atom stereocenters. The number of fused-ring (bicyclic) bond motifs is 1. The third kappa shape index (κ3) is 3.23. The number of halogens is 1. The molecule has 21 heavy (non-hydrogen) atoms. The summed E-state index contributed by atoms with van der Waals surface area (Å²) in [5, 5.41) is 0.